The van der Waals surface area contributed by atoms with Gasteiger partial charge in [0, 0.05) is 34.0 Å². The molecule has 2 aromatic rings. The van der Waals surface area contributed by atoms with Gasteiger partial charge in [-0.1, -0.05) is 30.1 Å². The lowest BCUT2D eigenvalue weighted by molar-refractivity contribution is -0.112. The van der Waals surface area contributed by atoms with Gasteiger partial charge in [-0.3, -0.25) is 4.79 Å². The van der Waals surface area contributed by atoms with Gasteiger partial charge in [0.15, 0.2) is 0 Å². The number of nitrogens with zero attached hydrogens (tertiary/aromatic N) is 2. The van der Waals surface area contributed by atoms with Crippen molar-refractivity contribution in [3.63, 3.8) is 0 Å². The van der Waals surface area contributed by atoms with Gasteiger partial charge in [0.2, 0.25) is 0 Å². The van der Waals surface area contributed by atoms with E-state index < -0.39 is 5.91 Å². The second-order valence-electron chi connectivity index (χ2n) is 8.04. The Bertz CT molecular complexity index is 1020. The van der Waals surface area contributed by atoms with Crippen LogP contribution in [-0.4, -0.2) is 18.5 Å². The van der Waals surface area contributed by atoms with E-state index in [4.69, 9.17) is 23.2 Å². The molecule has 0 saturated heterocycles. The average molecular weight is 428 g/mol. The number of nitriles is 1. The molecule has 0 radical (unpaired) electrons. The van der Waals surface area contributed by atoms with E-state index in [1.54, 1.807) is 30.3 Å². The number of nitrogens with one attached hydrogen (secondary N) is 1. The number of fused-ring (bicyclic) bond motifs is 1. The van der Waals surface area contributed by atoms with Gasteiger partial charge in [-0.25, -0.2) is 0 Å². The summed E-state index contributed by atoms with van der Waals surface area (Å²) >= 11 is 12.4. The first-order chi connectivity index (χ1) is 13.6. The van der Waals surface area contributed by atoms with Crippen molar-refractivity contribution in [1.82, 2.24) is 0 Å². The highest BCUT2D eigenvalue weighted by molar-refractivity contribution is 6.32. The molecule has 150 valence electrons. The Morgan fingerprint density at radius 3 is 2.55 bits per heavy atom. The maximum absolute atomic E-state index is 12.5. The molecule has 1 aliphatic rings. The lowest BCUT2D eigenvalue weighted by Crippen LogP contribution is -2.45. The predicted octanol–water partition coefficient (Wildman–Crippen LogP) is 6.26. The summed E-state index contributed by atoms with van der Waals surface area (Å²) in [4.78, 5) is 14.8. The molecule has 1 N–H and O–H groups in total. The van der Waals surface area contributed by atoms with E-state index in [1.165, 1.54) is 0 Å². The van der Waals surface area contributed by atoms with E-state index in [0.717, 1.165) is 17.7 Å². The van der Waals surface area contributed by atoms with Crippen LogP contribution < -0.4 is 10.2 Å². The second kappa shape index (κ2) is 8.10. The summed E-state index contributed by atoms with van der Waals surface area (Å²) in [6, 6.07) is 12.6. The molecule has 1 heterocycles. The fraction of sp³-hybridized carbons (Fsp3) is 0.304. The van der Waals surface area contributed by atoms with Crippen molar-refractivity contribution in [1.29, 1.82) is 5.26 Å². The number of carbonyl (C=O) groups excluding carboxylic acids is 1. The van der Waals surface area contributed by atoms with Crippen LogP contribution in [-0.2, 0) is 4.79 Å². The predicted molar refractivity (Wildman–Crippen MR) is 121 cm³/mol. The van der Waals surface area contributed by atoms with Crippen LogP contribution in [0.15, 0.2) is 42.0 Å². The van der Waals surface area contributed by atoms with Gasteiger partial charge in [0.25, 0.3) is 5.91 Å². The van der Waals surface area contributed by atoms with Gasteiger partial charge in [0.05, 0.1) is 0 Å². The van der Waals surface area contributed by atoms with Crippen LogP contribution >= 0.6 is 23.2 Å². The van der Waals surface area contributed by atoms with E-state index >= 15 is 0 Å². The largest absolute Gasteiger partial charge is 0.369 e. The summed E-state index contributed by atoms with van der Waals surface area (Å²) in [6.07, 6.45) is 2.55. The van der Waals surface area contributed by atoms with Gasteiger partial charge in [0.1, 0.15) is 11.6 Å². The number of hydrogen-bond acceptors (Lipinski definition) is 3. The zero-order chi connectivity index (χ0) is 21.3. The minimum Gasteiger partial charge on any atom is -0.369 e. The van der Waals surface area contributed by atoms with E-state index in [9.17, 15) is 10.1 Å². The third-order valence-corrected chi connectivity index (χ3v) is 6.10. The Labute approximate surface area is 181 Å². The van der Waals surface area contributed by atoms with Gasteiger partial charge < -0.3 is 10.2 Å². The van der Waals surface area contributed by atoms with Crippen LogP contribution in [0.3, 0.4) is 0 Å². The van der Waals surface area contributed by atoms with E-state index in [-0.39, 0.29) is 11.1 Å². The summed E-state index contributed by atoms with van der Waals surface area (Å²) in [5.74, 6) is -0.149. The maximum atomic E-state index is 12.5. The number of carbonyl (C=O) groups is 1. The number of benzene rings is 2. The number of halogens is 2. The van der Waals surface area contributed by atoms with Crippen LogP contribution in [0.4, 0.5) is 11.4 Å². The molecule has 1 atom stereocenters. The Kier molecular flexibility index (Phi) is 5.93. The molecule has 1 amide bonds. The smallest absolute Gasteiger partial charge is 0.266 e. The van der Waals surface area contributed by atoms with Crippen molar-refractivity contribution in [3.05, 3.63) is 63.1 Å². The number of anilines is 2. The van der Waals surface area contributed by atoms with Crippen LogP contribution in [0, 0.1) is 11.3 Å². The third kappa shape index (κ3) is 4.42. The molecule has 0 aliphatic carbocycles. The van der Waals surface area contributed by atoms with Gasteiger partial charge >= 0.3 is 0 Å². The van der Waals surface area contributed by atoms with Crippen molar-refractivity contribution in [3.8, 4) is 6.07 Å². The van der Waals surface area contributed by atoms with Crippen molar-refractivity contribution in [2.75, 3.05) is 17.3 Å². The first-order valence-electron chi connectivity index (χ1n) is 9.38. The van der Waals surface area contributed by atoms with Crippen LogP contribution in [0.5, 0.6) is 0 Å². The van der Waals surface area contributed by atoms with Gasteiger partial charge in [-0.2, -0.15) is 5.26 Å². The van der Waals surface area contributed by atoms with Gasteiger partial charge in [-0.15, -0.1) is 0 Å². The Hall–Kier alpha value is -2.48. The van der Waals surface area contributed by atoms with Crippen LogP contribution in [0.25, 0.3) is 6.08 Å². The van der Waals surface area contributed by atoms with E-state index in [0.29, 0.717) is 27.2 Å². The van der Waals surface area contributed by atoms with E-state index in [1.807, 2.05) is 18.2 Å². The molecule has 0 saturated carbocycles. The molecule has 0 bridgehead atoms. The fourth-order valence-electron chi connectivity index (χ4n) is 3.75. The highest BCUT2D eigenvalue weighted by atomic mass is 35.5. The lowest BCUT2D eigenvalue weighted by atomic mass is 9.80. The second-order valence-corrected chi connectivity index (χ2v) is 8.88. The molecule has 0 aromatic heterocycles. The summed E-state index contributed by atoms with van der Waals surface area (Å²) in [7, 11) is 2.07. The Morgan fingerprint density at radius 1 is 1.28 bits per heavy atom. The molecule has 6 heteroatoms. The van der Waals surface area contributed by atoms with Crippen molar-refractivity contribution in [2.45, 2.75) is 38.6 Å². The fourth-order valence-corrected chi connectivity index (χ4v) is 4.09. The number of amides is 1. The normalized spacial score (nSPS) is 18.0. The topological polar surface area (TPSA) is 56.1 Å². The summed E-state index contributed by atoms with van der Waals surface area (Å²) in [5.41, 5.74) is 3.49. The third-order valence-electron chi connectivity index (χ3n) is 5.52. The SMILES string of the molecule is CC1CC(C)(C)N(C)c2cc(Cl)c(/C=C(\C#N)C(=O)Nc3ccc(Cl)cc3)cc21. The maximum Gasteiger partial charge on any atom is 0.266 e. The van der Waals surface area contributed by atoms with Crippen molar-refractivity contribution in [2.24, 2.45) is 0 Å². The average Bonchev–Trinajstić information content (AvgIpc) is 2.66. The summed E-state index contributed by atoms with van der Waals surface area (Å²) in [5, 5.41) is 13.3. The first kappa shape index (κ1) is 21.2. The van der Waals surface area contributed by atoms with Crippen LogP contribution in [0.2, 0.25) is 10.0 Å². The molecular formula is C23H23Cl2N3O. The monoisotopic (exact) mass is 427 g/mol. The molecule has 1 aliphatic heterocycles. The minimum absolute atomic E-state index is 0.0149. The lowest BCUT2D eigenvalue weighted by Gasteiger charge is -2.45. The quantitative estimate of drug-likeness (QED) is 0.464. The highest BCUT2D eigenvalue weighted by Crippen LogP contribution is 2.44. The molecule has 2 aromatic carbocycles. The molecular weight excluding hydrogens is 405 g/mol. The molecule has 0 spiro atoms. The molecule has 29 heavy (non-hydrogen) atoms. The zero-order valence-corrected chi connectivity index (χ0v) is 18.4. The standard InChI is InChI=1S/C23H23Cl2N3O/c1-14-12-23(2,3)28(4)21-11-20(25)15(10-19(14)21)9-16(13-26)22(29)27-18-7-5-17(24)6-8-18/h5-11,14H,12H2,1-4H3,(H,27,29)/b16-9+. The Morgan fingerprint density at radius 2 is 1.93 bits per heavy atom. The Balaban J connectivity index is 1.94. The zero-order valence-electron chi connectivity index (χ0n) is 16.9. The highest BCUT2D eigenvalue weighted by Gasteiger charge is 2.34. The first-order valence-corrected chi connectivity index (χ1v) is 10.1. The van der Waals surface area contributed by atoms with Gasteiger partial charge in [-0.05, 0) is 79.8 Å². The van der Waals surface area contributed by atoms with Crippen molar-refractivity contribution >= 4 is 46.6 Å². The summed E-state index contributed by atoms with van der Waals surface area (Å²) in [6.45, 7) is 6.61. The summed E-state index contributed by atoms with van der Waals surface area (Å²) < 4.78 is 0. The van der Waals surface area contributed by atoms with Crippen molar-refractivity contribution < 1.29 is 4.79 Å². The van der Waals surface area contributed by atoms with Crippen LogP contribution in [0.1, 0.15) is 44.2 Å². The van der Waals surface area contributed by atoms with E-state index in [2.05, 4.69) is 38.0 Å². The molecule has 3 rings (SSSR count). The minimum atomic E-state index is -0.491. The number of hydrogen-bond donors (Lipinski definition) is 1. The molecule has 4 nitrogen and oxygen atoms in total. The molecule has 1 unspecified atom stereocenters. The molecule has 0 fully saturated rings. The number of rotatable bonds is 3.